The molecular weight excluding hydrogens is 457 g/mol. The predicted octanol–water partition coefficient (Wildman–Crippen LogP) is 5.58. The molecule has 7 nitrogen and oxygen atoms in total. The molecule has 1 fully saturated rings. The number of benzene rings is 2. The van der Waals surface area contributed by atoms with Crippen molar-refractivity contribution in [2.45, 2.75) is 71.9 Å². The summed E-state index contributed by atoms with van der Waals surface area (Å²) in [6, 6.07) is 16.5. The average molecular weight is 493 g/mol. The summed E-state index contributed by atoms with van der Waals surface area (Å²) in [6.07, 6.45) is 1.35. The van der Waals surface area contributed by atoms with E-state index in [4.69, 9.17) is 18.8 Å². The normalized spacial score (nSPS) is 17.0. The third-order valence-electron chi connectivity index (χ3n) is 6.10. The molecule has 0 radical (unpaired) electrons. The fraction of sp³-hybridized carbons (Fsp3) is 0.429. The van der Waals surface area contributed by atoms with Crippen molar-refractivity contribution >= 4 is 25.3 Å². The van der Waals surface area contributed by atoms with E-state index in [-0.39, 0.29) is 19.1 Å². The number of rotatable bonds is 7. The minimum atomic E-state index is -0.657. The number of ether oxygens (including phenoxy) is 2. The maximum absolute atomic E-state index is 12.4. The van der Waals surface area contributed by atoms with Crippen molar-refractivity contribution in [2.24, 2.45) is 0 Å². The van der Waals surface area contributed by atoms with Crippen LogP contribution >= 0.6 is 0 Å². The molecule has 1 aliphatic heterocycles. The second-order valence-electron chi connectivity index (χ2n) is 10.8. The first-order valence-electron chi connectivity index (χ1n) is 12.1. The van der Waals surface area contributed by atoms with Gasteiger partial charge in [0.1, 0.15) is 12.2 Å². The summed E-state index contributed by atoms with van der Waals surface area (Å²) in [5.41, 5.74) is 1.26. The number of nitrogens with one attached hydrogen (secondary N) is 1. The van der Waals surface area contributed by atoms with Gasteiger partial charge in [0, 0.05) is 6.54 Å². The molecule has 0 saturated carbocycles. The molecule has 1 heterocycles. The van der Waals surface area contributed by atoms with E-state index in [1.54, 1.807) is 12.1 Å². The SMILES string of the molecule is CC(C)(C)OC(=O)c1ccc(C=C(CNC(=O)OCc2ccccc2)B2OC(C)(C)C(C)(C)O2)cc1. The molecule has 192 valence electrons. The van der Waals surface area contributed by atoms with Crippen LogP contribution in [-0.2, 0) is 25.4 Å². The number of carbonyl (C=O) groups is 2. The zero-order chi connectivity index (χ0) is 26.6. The van der Waals surface area contributed by atoms with Crippen LogP contribution in [0.25, 0.3) is 6.08 Å². The van der Waals surface area contributed by atoms with Crippen LogP contribution in [0.1, 0.15) is 70.0 Å². The molecule has 1 N–H and O–H groups in total. The first-order valence-corrected chi connectivity index (χ1v) is 12.1. The van der Waals surface area contributed by atoms with Crippen LogP contribution in [0.5, 0.6) is 0 Å². The molecule has 36 heavy (non-hydrogen) atoms. The summed E-state index contributed by atoms with van der Waals surface area (Å²) in [5.74, 6) is -0.382. The van der Waals surface area contributed by atoms with E-state index in [1.165, 1.54) is 0 Å². The molecule has 0 spiro atoms. The van der Waals surface area contributed by atoms with E-state index in [9.17, 15) is 9.59 Å². The molecule has 3 rings (SSSR count). The van der Waals surface area contributed by atoms with Crippen LogP contribution in [0.3, 0.4) is 0 Å². The molecule has 1 amide bonds. The molecule has 0 bridgehead atoms. The quantitative estimate of drug-likeness (QED) is 0.400. The second kappa shape index (κ2) is 10.9. The maximum Gasteiger partial charge on any atom is 0.492 e. The molecule has 1 saturated heterocycles. The molecule has 0 aromatic heterocycles. The fourth-order valence-corrected chi connectivity index (χ4v) is 3.41. The maximum atomic E-state index is 12.4. The van der Waals surface area contributed by atoms with Gasteiger partial charge in [-0.25, -0.2) is 9.59 Å². The zero-order valence-corrected chi connectivity index (χ0v) is 22.2. The lowest BCUT2D eigenvalue weighted by molar-refractivity contribution is 0.00578. The smallest absolute Gasteiger partial charge is 0.456 e. The van der Waals surface area contributed by atoms with Crippen molar-refractivity contribution in [3.05, 3.63) is 76.8 Å². The lowest BCUT2D eigenvalue weighted by atomic mass is 9.77. The highest BCUT2D eigenvalue weighted by molar-refractivity contribution is 6.56. The van der Waals surface area contributed by atoms with Gasteiger partial charge in [0.05, 0.1) is 16.8 Å². The predicted molar refractivity (Wildman–Crippen MR) is 140 cm³/mol. The summed E-state index contributed by atoms with van der Waals surface area (Å²) < 4.78 is 23.2. The van der Waals surface area contributed by atoms with Gasteiger partial charge in [-0.05, 0) is 77.2 Å². The fourth-order valence-electron chi connectivity index (χ4n) is 3.41. The van der Waals surface area contributed by atoms with Crippen molar-refractivity contribution in [3.8, 4) is 0 Å². The van der Waals surface area contributed by atoms with Crippen molar-refractivity contribution in [3.63, 3.8) is 0 Å². The molecule has 2 aromatic rings. The highest BCUT2D eigenvalue weighted by Gasteiger charge is 2.52. The average Bonchev–Trinajstić information content (AvgIpc) is 3.01. The first kappa shape index (κ1) is 27.5. The van der Waals surface area contributed by atoms with Gasteiger partial charge in [-0.2, -0.15) is 0 Å². The van der Waals surface area contributed by atoms with E-state index in [0.717, 1.165) is 16.6 Å². The van der Waals surface area contributed by atoms with E-state index in [2.05, 4.69) is 5.32 Å². The van der Waals surface area contributed by atoms with Gasteiger partial charge in [0.15, 0.2) is 0 Å². The van der Waals surface area contributed by atoms with Crippen LogP contribution in [0.2, 0.25) is 0 Å². The van der Waals surface area contributed by atoms with Gasteiger partial charge in [-0.15, -0.1) is 0 Å². The van der Waals surface area contributed by atoms with Gasteiger partial charge in [0.25, 0.3) is 0 Å². The summed E-state index contributed by atoms with van der Waals surface area (Å²) in [7, 11) is -0.657. The number of alkyl carbamates (subject to hydrolysis) is 1. The molecule has 2 aromatic carbocycles. The number of amides is 1. The highest BCUT2D eigenvalue weighted by atomic mass is 16.7. The Labute approximate surface area is 214 Å². The van der Waals surface area contributed by atoms with E-state index in [1.807, 2.05) is 97.0 Å². The molecule has 0 aliphatic carbocycles. The second-order valence-corrected chi connectivity index (χ2v) is 10.8. The Kier molecular flexibility index (Phi) is 8.31. The van der Waals surface area contributed by atoms with Gasteiger partial charge in [-0.3, -0.25) is 0 Å². The third-order valence-corrected chi connectivity index (χ3v) is 6.10. The van der Waals surface area contributed by atoms with Gasteiger partial charge < -0.3 is 24.1 Å². The summed E-state index contributed by atoms with van der Waals surface area (Å²) in [4.78, 5) is 24.7. The van der Waals surface area contributed by atoms with Crippen LogP contribution < -0.4 is 5.32 Å². The Morgan fingerprint density at radius 3 is 2.08 bits per heavy atom. The highest BCUT2D eigenvalue weighted by Crippen LogP contribution is 2.38. The Morgan fingerprint density at radius 1 is 0.944 bits per heavy atom. The topological polar surface area (TPSA) is 83.1 Å². The van der Waals surface area contributed by atoms with Crippen molar-refractivity contribution in [1.82, 2.24) is 5.32 Å². The van der Waals surface area contributed by atoms with Crippen LogP contribution in [0.15, 0.2) is 60.1 Å². The monoisotopic (exact) mass is 493 g/mol. The minimum absolute atomic E-state index is 0.165. The molecule has 0 unspecified atom stereocenters. The van der Waals surface area contributed by atoms with Gasteiger partial charge >= 0.3 is 19.2 Å². The lowest BCUT2D eigenvalue weighted by Crippen LogP contribution is -2.41. The molecule has 1 aliphatic rings. The van der Waals surface area contributed by atoms with E-state index in [0.29, 0.717) is 5.56 Å². The Hall–Kier alpha value is -3.10. The van der Waals surface area contributed by atoms with Crippen LogP contribution in [0, 0.1) is 0 Å². The largest absolute Gasteiger partial charge is 0.492 e. The molecular formula is C28H36BNO6. The first-order chi connectivity index (χ1) is 16.8. The Morgan fingerprint density at radius 2 is 1.53 bits per heavy atom. The summed E-state index contributed by atoms with van der Waals surface area (Å²) in [6.45, 7) is 13.7. The summed E-state index contributed by atoms with van der Waals surface area (Å²) in [5, 5.41) is 2.80. The Balaban J connectivity index is 1.74. The number of hydrogen-bond acceptors (Lipinski definition) is 6. The van der Waals surface area contributed by atoms with Crippen molar-refractivity contribution < 1.29 is 28.4 Å². The summed E-state index contributed by atoms with van der Waals surface area (Å²) >= 11 is 0. The van der Waals surface area contributed by atoms with E-state index >= 15 is 0 Å². The third kappa shape index (κ3) is 7.45. The van der Waals surface area contributed by atoms with Crippen molar-refractivity contribution in [2.75, 3.05) is 6.54 Å². The van der Waals surface area contributed by atoms with Gasteiger partial charge in [-0.1, -0.05) is 48.5 Å². The number of carbonyl (C=O) groups excluding carboxylic acids is 2. The van der Waals surface area contributed by atoms with E-state index < -0.39 is 30.0 Å². The zero-order valence-electron chi connectivity index (χ0n) is 22.2. The number of hydrogen-bond donors (Lipinski definition) is 1. The minimum Gasteiger partial charge on any atom is -0.456 e. The van der Waals surface area contributed by atoms with Gasteiger partial charge in [0.2, 0.25) is 0 Å². The van der Waals surface area contributed by atoms with Crippen LogP contribution in [0.4, 0.5) is 4.79 Å². The lowest BCUT2D eigenvalue weighted by Gasteiger charge is -2.32. The van der Waals surface area contributed by atoms with Crippen molar-refractivity contribution in [1.29, 1.82) is 0 Å². The van der Waals surface area contributed by atoms with Crippen LogP contribution in [-0.4, -0.2) is 42.5 Å². The standard InChI is InChI=1S/C28H36BNO6/c1-26(2,3)34-24(31)22-15-13-20(14-16-22)17-23(29-35-27(4,5)28(6,7)36-29)18-30-25(32)33-19-21-11-9-8-10-12-21/h8-17H,18-19H2,1-7H3,(H,30,32). The molecule has 0 atom stereocenters. The Bertz CT molecular complexity index is 1070. The molecule has 8 heteroatoms. The number of esters is 1.